The lowest BCUT2D eigenvalue weighted by molar-refractivity contribution is 0.331. The lowest BCUT2D eigenvalue weighted by atomic mass is 10.1. The van der Waals surface area contributed by atoms with Gasteiger partial charge in [0.25, 0.3) is 0 Å². The first-order chi connectivity index (χ1) is 10.3. The van der Waals surface area contributed by atoms with E-state index in [9.17, 15) is 0 Å². The summed E-state index contributed by atoms with van der Waals surface area (Å²) in [7, 11) is 1.95. The molecule has 110 valence electrons. The second kappa shape index (κ2) is 6.37. The summed E-state index contributed by atoms with van der Waals surface area (Å²) < 4.78 is 5.84. The van der Waals surface area contributed by atoms with Gasteiger partial charge in [0.15, 0.2) is 0 Å². The van der Waals surface area contributed by atoms with E-state index in [-0.39, 0.29) is 0 Å². The summed E-state index contributed by atoms with van der Waals surface area (Å²) in [5, 5.41) is 4.00. The molecule has 1 aliphatic rings. The topological polar surface area (TPSA) is 24.5 Å². The summed E-state index contributed by atoms with van der Waals surface area (Å²) in [5.41, 5.74) is 3.52. The fourth-order valence-electron chi connectivity index (χ4n) is 2.76. The molecule has 21 heavy (non-hydrogen) atoms. The van der Waals surface area contributed by atoms with Crippen molar-refractivity contribution in [3.63, 3.8) is 0 Å². The Balaban J connectivity index is 1.97. The molecule has 4 heteroatoms. The van der Waals surface area contributed by atoms with Gasteiger partial charge in [-0.05, 0) is 24.7 Å². The Morgan fingerprint density at radius 3 is 2.90 bits per heavy atom. The molecule has 0 spiro atoms. The first-order valence-electron chi connectivity index (χ1n) is 7.17. The summed E-state index contributed by atoms with van der Waals surface area (Å²) >= 11 is 6.47. The van der Waals surface area contributed by atoms with Crippen molar-refractivity contribution in [3.8, 4) is 5.75 Å². The van der Waals surface area contributed by atoms with E-state index in [2.05, 4.69) is 22.3 Å². The number of anilines is 1. The van der Waals surface area contributed by atoms with E-state index in [4.69, 9.17) is 16.3 Å². The average Bonchev–Trinajstić information content (AvgIpc) is 2.70. The number of para-hydroxylation sites is 2. The summed E-state index contributed by atoms with van der Waals surface area (Å²) in [4.78, 5) is 2.31. The highest BCUT2D eigenvalue weighted by Gasteiger charge is 2.19. The predicted molar refractivity (Wildman–Crippen MR) is 87.2 cm³/mol. The summed E-state index contributed by atoms with van der Waals surface area (Å²) in [6.07, 6.45) is 0. The average molecular weight is 303 g/mol. The van der Waals surface area contributed by atoms with Crippen molar-refractivity contribution in [1.29, 1.82) is 0 Å². The quantitative estimate of drug-likeness (QED) is 0.940. The van der Waals surface area contributed by atoms with Crippen LogP contribution in [0.5, 0.6) is 5.75 Å². The maximum atomic E-state index is 6.47. The smallest absolute Gasteiger partial charge is 0.124 e. The standard InChI is InChI=1S/C17H19ClN2O/c1-19-11-13-6-4-7-15(18)17(13)20-9-10-21-16-8-3-2-5-14(16)12-20/h2-8,19H,9-12H2,1H3. The summed E-state index contributed by atoms with van der Waals surface area (Å²) in [5.74, 6) is 0.974. The number of fused-ring (bicyclic) bond motifs is 1. The SMILES string of the molecule is CNCc1cccc(Cl)c1N1CCOc2ccccc2C1. The minimum atomic E-state index is 0.668. The highest BCUT2D eigenvalue weighted by molar-refractivity contribution is 6.33. The van der Waals surface area contributed by atoms with Crippen LogP contribution >= 0.6 is 11.6 Å². The number of nitrogens with zero attached hydrogens (tertiary/aromatic N) is 1. The molecule has 0 fully saturated rings. The van der Waals surface area contributed by atoms with Crippen LogP contribution in [0.1, 0.15) is 11.1 Å². The molecule has 0 amide bonds. The van der Waals surface area contributed by atoms with Gasteiger partial charge in [0.05, 0.1) is 17.3 Å². The van der Waals surface area contributed by atoms with Crippen LogP contribution < -0.4 is 15.0 Å². The zero-order valence-electron chi connectivity index (χ0n) is 12.1. The highest BCUT2D eigenvalue weighted by Crippen LogP contribution is 2.33. The van der Waals surface area contributed by atoms with Crippen molar-refractivity contribution in [2.24, 2.45) is 0 Å². The van der Waals surface area contributed by atoms with Gasteiger partial charge in [-0.25, -0.2) is 0 Å². The van der Waals surface area contributed by atoms with Crippen LogP contribution in [0, 0.1) is 0 Å². The van der Waals surface area contributed by atoms with Crippen molar-refractivity contribution in [3.05, 3.63) is 58.6 Å². The molecule has 0 aromatic heterocycles. The molecular formula is C17H19ClN2O. The van der Waals surface area contributed by atoms with Gasteiger partial charge in [0.2, 0.25) is 0 Å². The third-order valence-corrected chi connectivity index (χ3v) is 4.01. The van der Waals surface area contributed by atoms with Crippen molar-refractivity contribution >= 4 is 17.3 Å². The van der Waals surface area contributed by atoms with Gasteiger partial charge in [0, 0.05) is 18.7 Å². The number of ether oxygens (including phenoxy) is 1. The van der Waals surface area contributed by atoms with Crippen LogP contribution in [-0.4, -0.2) is 20.2 Å². The molecule has 3 nitrogen and oxygen atoms in total. The molecule has 0 unspecified atom stereocenters. The minimum absolute atomic E-state index is 0.668. The Morgan fingerprint density at radius 2 is 2.05 bits per heavy atom. The van der Waals surface area contributed by atoms with E-state index in [1.54, 1.807) is 0 Å². The van der Waals surface area contributed by atoms with Crippen molar-refractivity contribution < 1.29 is 4.74 Å². The molecule has 0 bridgehead atoms. The zero-order valence-corrected chi connectivity index (χ0v) is 12.9. The monoisotopic (exact) mass is 302 g/mol. The van der Waals surface area contributed by atoms with E-state index >= 15 is 0 Å². The first-order valence-corrected chi connectivity index (χ1v) is 7.55. The number of hydrogen-bond acceptors (Lipinski definition) is 3. The maximum absolute atomic E-state index is 6.47. The molecule has 2 aromatic rings. The van der Waals surface area contributed by atoms with E-state index in [0.717, 1.165) is 36.1 Å². The molecule has 1 aliphatic heterocycles. The van der Waals surface area contributed by atoms with Gasteiger partial charge >= 0.3 is 0 Å². The Morgan fingerprint density at radius 1 is 1.19 bits per heavy atom. The van der Waals surface area contributed by atoms with Crippen molar-refractivity contribution in [1.82, 2.24) is 5.32 Å². The van der Waals surface area contributed by atoms with Crippen LogP contribution in [0.4, 0.5) is 5.69 Å². The molecule has 0 aliphatic carbocycles. The van der Waals surface area contributed by atoms with Crippen LogP contribution in [0.2, 0.25) is 5.02 Å². The van der Waals surface area contributed by atoms with E-state index in [1.165, 1.54) is 11.1 Å². The van der Waals surface area contributed by atoms with Crippen LogP contribution in [-0.2, 0) is 13.1 Å². The number of benzene rings is 2. The second-order valence-corrected chi connectivity index (χ2v) is 5.56. The normalized spacial score (nSPS) is 14.3. The molecule has 0 atom stereocenters. The van der Waals surface area contributed by atoms with E-state index in [1.807, 2.05) is 37.4 Å². The van der Waals surface area contributed by atoms with Gasteiger partial charge in [-0.1, -0.05) is 41.9 Å². The van der Waals surface area contributed by atoms with Crippen LogP contribution in [0.3, 0.4) is 0 Å². The molecule has 0 saturated carbocycles. The van der Waals surface area contributed by atoms with Gasteiger partial charge in [-0.2, -0.15) is 0 Å². The largest absolute Gasteiger partial charge is 0.491 e. The lowest BCUT2D eigenvalue weighted by Crippen LogP contribution is -2.27. The van der Waals surface area contributed by atoms with Crippen molar-refractivity contribution in [2.45, 2.75) is 13.1 Å². The summed E-state index contributed by atoms with van der Waals surface area (Å²) in [6, 6.07) is 14.3. The third-order valence-electron chi connectivity index (χ3n) is 3.71. The Bertz CT molecular complexity index is 630. The molecule has 1 heterocycles. The molecule has 1 N–H and O–H groups in total. The number of halogens is 1. The third kappa shape index (κ3) is 2.99. The zero-order chi connectivity index (χ0) is 14.7. The first kappa shape index (κ1) is 14.2. The fraction of sp³-hybridized carbons (Fsp3) is 0.294. The Kier molecular flexibility index (Phi) is 4.32. The van der Waals surface area contributed by atoms with E-state index in [0.29, 0.717) is 6.61 Å². The number of hydrogen-bond donors (Lipinski definition) is 1. The fourth-order valence-corrected chi connectivity index (χ4v) is 3.08. The highest BCUT2D eigenvalue weighted by atomic mass is 35.5. The van der Waals surface area contributed by atoms with Crippen LogP contribution in [0.15, 0.2) is 42.5 Å². The maximum Gasteiger partial charge on any atom is 0.124 e. The van der Waals surface area contributed by atoms with Gasteiger partial charge < -0.3 is 15.0 Å². The van der Waals surface area contributed by atoms with Crippen molar-refractivity contribution in [2.75, 3.05) is 25.1 Å². The van der Waals surface area contributed by atoms with Crippen LogP contribution in [0.25, 0.3) is 0 Å². The molecule has 0 radical (unpaired) electrons. The Hall–Kier alpha value is -1.71. The van der Waals surface area contributed by atoms with Gasteiger partial charge in [-0.15, -0.1) is 0 Å². The number of nitrogens with one attached hydrogen (secondary N) is 1. The summed E-state index contributed by atoms with van der Waals surface area (Å²) in [6.45, 7) is 3.11. The molecule has 3 rings (SSSR count). The number of rotatable bonds is 3. The van der Waals surface area contributed by atoms with E-state index < -0.39 is 0 Å². The minimum Gasteiger partial charge on any atom is -0.491 e. The second-order valence-electron chi connectivity index (χ2n) is 5.16. The molecule has 2 aromatic carbocycles. The Labute approximate surface area is 130 Å². The lowest BCUT2D eigenvalue weighted by Gasteiger charge is -2.26. The van der Waals surface area contributed by atoms with Gasteiger partial charge in [-0.3, -0.25) is 0 Å². The molecular weight excluding hydrogens is 284 g/mol. The predicted octanol–water partition coefficient (Wildman–Crippen LogP) is 3.46. The molecule has 0 saturated heterocycles. The van der Waals surface area contributed by atoms with Gasteiger partial charge in [0.1, 0.15) is 12.4 Å².